The molecule has 5 rings (SSSR count). The lowest BCUT2D eigenvalue weighted by Crippen LogP contribution is -2.48. The zero-order valence-electron chi connectivity index (χ0n) is 21.3. The lowest BCUT2D eigenvalue weighted by Gasteiger charge is -2.35. The first-order chi connectivity index (χ1) is 17.7. The summed E-state index contributed by atoms with van der Waals surface area (Å²) in [4.78, 5) is 38.8. The molecule has 12 heteroatoms. The van der Waals surface area contributed by atoms with Gasteiger partial charge in [-0.2, -0.15) is 0 Å². The summed E-state index contributed by atoms with van der Waals surface area (Å²) in [6.07, 6.45) is 2.19. The normalized spacial score (nSPS) is 22.4. The van der Waals surface area contributed by atoms with E-state index in [0.717, 1.165) is 18.7 Å². The molecule has 3 atom stereocenters. The molecule has 0 radical (unpaired) electrons. The zero-order valence-corrected chi connectivity index (χ0v) is 21.3. The van der Waals surface area contributed by atoms with E-state index >= 15 is 0 Å². The number of fused-ring (bicyclic) bond motifs is 4. The summed E-state index contributed by atoms with van der Waals surface area (Å²) in [6.45, 7) is 8.14. The van der Waals surface area contributed by atoms with Crippen molar-refractivity contribution >= 4 is 29.3 Å². The Morgan fingerprint density at radius 2 is 2.16 bits per heavy atom. The van der Waals surface area contributed by atoms with Gasteiger partial charge in [0.15, 0.2) is 11.6 Å². The molecule has 12 nitrogen and oxygen atoms in total. The van der Waals surface area contributed by atoms with Gasteiger partial charge in [-0.25, -0.2) is 14.8 Å². The first kappa shape index (κ1) is 25.2. The van der Waals surface area contributed by atoms with Crippen molar-refractivity contribution in [2.45, 2.75) is 51.2 Å². The van der Waals surface area contributed by atoms with Crippen LogP contribution in [-0.4, -0.2) is 78.7 Å². The number of anilines is 3. The van der Waals surface area contributed by atoms with E-state index in [2.05, 4.69) is 25.5 Å². The van der Waals surface area contributed by atoms with Gasteiger partial charge in [0.1, 0.15) is 30.0 Å². The highest BCUT2D eigenvalue weighted by Gasteiger charge is 2.40. The molecule has 0 aromatic carbocycles. The SMILES string of the molecule is C[C@H](N)CNC(=O)c1ccc2c(n1)N(C(=O)Nc1cc(OC[C@H]3COC(C)(C)O3)ccn1)C1CCN2C1. The van der Waals surface area contributed by atoms with E-state index in [0.29, 0.717) is 43.7 Å². The molecule has 0 aliphatic carbocycles. The van der Waals surface area contributed by atoms with Crippen molar-refractivity contribution in [2.24, 2.45) is 5.73 Å². The van der Waals surface area contributed by atoms with E-state index in [9.17, 15) is 9.59 Å². The van der Waals surface area contributed by atoms with E-state index in [1.807, 2.05) is 26.8 Å². The van der Waals surface area contributed by atoms with Gasteiger partial charge < -0.3 is 30.2 Å². The fraction of sp³-hybridized carbons (Fsp3) is 0.520. The maximum absolute atomic E-state index is 13.5. The number of urea groups is 1. The second kappa shape index (κ2) is 10.1. The van der Waals surface area contributed by atoms with Crippen molar-refractivity contribution in [3.63, 3.8) is 0 Å². The predicted molar refractivity (Wildman–Crippen MR) is 137 cm³/mol. The number of carbonyl (C=O) groups excluding carboxylic acids is 2. The van der Waals surface area contributed by atoms with Gasteiger partial charge in [-0.3, -0.25) is 15.0 Å². The molecule has 3 amide bonds. The van der Waals surface area contributed by atoms with Gasteiger partial charge in [-0.1, -0.05) is 0 Å². The molecular formula is C25H33N7O5. The zero-order chi connectivity index (χ0) is 26.2. The third-order valence-electron chi connectivity index (χ3n) is 6.46. The van der Waals surface area contributed by atoms with Crippen LogP contribution in [0, 0.1) is 0 Å². The monoisotopic (exact) mass is 511 g/mol. The highest BCUT2D eigenvalue weighted by molar-refractivity contribution is 6.05. The molecule has 0 spiro atoms. The summed E-state index contributed by atoms with van der Waals surface area (Å²) in [5.41, 5.74) is 6.80. The molecule has 37 heavy (non-hydrogen) atoms. The number of carbonyl (C=O) groups is 2. The second-order valence-corrected chi connectivity index (χ2v) is 10.1. The standard InChI is InChI=1S/C25H33N7O5/c1-15(26)11-28-23(33)19-4-5-20-22(29-19)32(16-7-9-31(20)12-16)24(34)30-21-10-17(6-8-27-21)35-13-18-14-36-25(2,3)37-18/h4-6,8,10,15-16,18H,7,9,11-14,26H2,1-3H3,(H,28,33)(H,27,30,34)/t15-,16?,18-/m0/s1. The van der Waals surface area contributed by atoms with Gasteiger partial charge in [0.2, 0.25) is 0 Å². The number of hydrogen-bond acceptors (Lipinski definition) is 9. The third kappa shape index (κ3) is 5.60. The quantitative estimate of drug-likeness (QED) is 0.506. The van der Waals surface area contributed by atoms with E-state index in [1.54, 1.807) is 29.3 Å². The number of hydrogen-bond donors (Lipinski definition) is 3. The molecule has 5 heterocycles. The maximum atomic E-state index is 13.5. The first-order valence-corrected chi connectivity index (χ1v) is 12.5. The summed E-state index contributed by atoms with van der Waals surface area (Å²) < 4.78 is 17.2. The molecule has 2 aromatic rings. The molecule has 2 fully saturated rings. The van der Waals surface area contributed by atoms with Crippen LogP contribution in [0.25, 0.3) is 0 Å². The Hall–Kier alpha value is -3.48. The van der Waals surface area contributed by atoms with E-state index in [1.165, 1.54) is 0 Å². The van der Waals surface area contributed by atoms with Gasteiger partial charge in [0, 0.05) is 37.9 Å². The van der Waals surface area contributed by atoms with Crippen molar-refractivity contribution in [1.29, 1.82) is 0 Å². The van der Waals surface area contributed by atoms with Crippen molar-refractivity contribution < 1.29 is 23.8 Å². The molecule has 2 saturated heterocycles. The smallest absolute Gasteiger partial charge is 0.329 e. The van der Waals surface area contributed by atoms with Crippen molar-refractivity contribution in [3.8, 4) is 5.75 Å². The van der Waals surface area contributed by atoms with Crippen LogP contribution >= 0.6 is 0 Å². The van der Waals surface area contributed by atoms with E-state index in [4.69, 9.17) is 19.9 Å². The van der Waals surface area contributed by atoms with Crippen molar-refractivity contribution in [3.05, 3.63) is 36.2 Å². The number of amides is 3. The van der Waals surface area contributed by atoms with Crippen LogP contribution < -0.4 is 30.9 Å². The number of aromatic nitrogens is 2. The Balaban J connectivity index is 1.30. The molecule has 2 aromatic heterocycles. The van der Waals surface area contributed by atoms with Crippen LogP contribution in [0.1, 0.15) is 37.7 Å². The number of nitrogens with two attached hydrogens (primary N) is 1. The van der Waals surface area contributed by atoms with Crippen LogP contribution in [-0.2, 0) is 9.47 Å². The summed E-state index contributed by atoms with van der Waals surface area (Å²) in [6, 6.07) is 6.29. The van der Waals surface area contributed by atoms with Crippen LogP contribution in [0.15, 0.2) is 30.5 Å². The molecule has 198 valence electrons. The highest BCUT2D eigenvalue weighted by Crippen LogP contribution is 2.39. The maximum Gasteiger partial charge on any atom is 0.329 e. The summed E-state index contributed by atoms with van der Waals surface area (Å²) in [7, 11) is 0. The lowest BCUT2D eigenvalue weighted by atomic mass is 10.1. The molecule has 3 aliphatic rings. The fourth-order valence-electron chi connectivity index (χ4n) is 4.72. The van der Waals surface area contributed by atoms with Crippen LogP contribution in [0.2, 0.25) is 0 Å². The Labute approximate surface area is 215 Å². The molecule has 0 saturated carbocycles. The van der Waals surface area contributed by atoms with Crippen molar-refractivity contribution in [2.75, 3.05) is 48.0 Å². The van der Waals surface area contributed by atoms with Gasteiger partial charge >= 0.3 is 6.03 Å². The van der Waals surface area contributed by atoms with Crippen LogP contribution in [0.3, 0.4) is 0 Å². The average Bonchev–Trinajstić information content (AvgIpc) is 3.44. The number of ether oxygens (including phenoxy) is 3. The Kier molecular flexibility index (Phi) is 6.88. The molecule has 2 bridgehead atoms. The number of nitrogens with zero attached hydrogens (tertiary/aromatic N) is 4. The van der Waals surface area contributed by atoms with Crippen molar-refractivity contribution in [1.82, 2.24) is 15.3 Å². The van der Waals surface area contributed by atoms with Gasteiger partial charge in [-0.05, 0) is 45.4 Å². The lowest BCUT2D eigenvalue weighted by molar-refractivity contribution is -0.141. The second-order valence-electron chi connectivity index (χ2n) is 10.1. The number of pyridine rings is 2. The van der Waals surface area contributed by atoms with Crippen LogP contribution in [0.5, 0.6) is 5.75 Å². The first-order valence-electron chi connectivity index (χ1n) is 12.5. The minimum absolute atomic E-state index is 0.0651. The van der Waals surface area contributed by atoms with Gasteiger partial charge in [-0.15, -0.1) is 0 Å². The fourth-order valence-corrected chi connectivity index (χ4v) is 4.72. The number of rotatable bonds is 7. The molecular weight excluding hydrogens is 478 g/mol. The number of nitrogens with one attached hydrogen (secondary N) is 2. The van der Waals surface area contributed by atoms with Crippen LogP contribution in [0.4, 0.5) is 22.1 Å². The Morgan fingerprint density at radius 1 is 1.32 bits per heavy atom. The topological polar surface area (TPSA) is 144 Å². The summed E-state index contributed by atoms with van der Waals surface area (Å²) >= 11 is 0. The average molecular weight is 512 g/mol. The predicted octanol–water partition coefficient (Wildman–Crippen LogP) is 1.71. The highest BCUT2D eigenvalue weighted by atomic mass is 16.7. The van der Waals surface area contributed by atoms with Gasteiger partial charge in [0.25, 0.3) is 5.91 Å². The Morgan fingerprint density at radius 3 is 2.92 bits per heavy atom. The minimum atomic E-state index is -0.622. The molecule has 4 N–H and O–H groups in total. The minimum Gasteiger partial charge on any atom is -0.491 e. The van der Waals surface area contributed by atoms with Gasteiger partial charge in [0.05, 0.1) is 18.3 Å². The third-order valence-corrected chi connectivity index (χ3v) is 6.46. The van der Waals surface area contributed by atoms with E-state index in [-0.39, 0.29) is 35.8 Å². The summed E-state index contributed by atoms with van der Waals surface area (Å²) in [5, 5.41) is 5.64. The summed E-state index contributed by atoms with van der Waals surface area (Å²) in [5.74, 6) is 0.395. The van der Waals surface area contributed by atoms with E-state index < -0.39 is 5.79 Å². The Bertz CT molecular complexity index is 1170. The largest absolute Gasteiger partial charge is 0.491 e. The molecule has 1 unspecified atom stereocenters. The molecule has 3 aliphatic heterocycles.